The Morgan fingerprint density at radius 3 is 2.30 bits per heavy atom. The van der Waals surface area contributed by atoms with E-state index in [1.165, 1.54) is 5.56 Å². The lowest BCUT2D eigenvalue weighted by atomic mass is 10.1. The Balaban J connectivity index is 2.10. The van der Waals surface area contributed by atoms with Crippen LogP contribution in [0.4, 0.5) is 0 Å². The molecule has 0 heterocycles. The second-order valence-corrected chi connectivity index (χ2v) is 6.95. The van der Waals surface area contributed by atoms with Gasteiger partial charge in [-0.2, -0.15) is 0 Å². The van der Waals surface area contributed by atoms with E-state index in [0.717, 1.165) is 24.0 Å². The van der Waals surface area contributed by atoms with Crippen molar-refractivity contribution in [1.29, 1.82) is 0 Å². The quantitative estimate of drug-likeness (QED) is 0.738. The van der Waals surface area contributed by atoms with E-state index in [9.17, 15) is 9.59 Å². The average molecular weight is 367 g/mol. The molecule has 0 unspecified atom stereocenters. The van der Waals surface area contributed by atoms with Gasteiger partial charge in [0.2, 0.25) is 11.8 Å². The minimum atomic E-state index is -0.488. The highest BCUT2D eigenvalue weighted by molar-refractivity contribution is 5.88. The second-order valence-electron chi connectivity index (χ2n) is 6.95. The Morgan fingerprint density at radius 1 is 1.00 bits per heavy atom. The zero-order chi connectivity index (χ0) is 19.6. The summed E-state index contributed by atoms with van der Waals surface area (Å²) < 4.78 is 0. The number of nitrogens with one attached hydrogen (secondary N) is 1. The summed E-state index contributed by atoms with van der Waals surface area (Å²) in [4.78, 5) is 27.1. The minimum Gasteiger partial charge on any atom is -0.354 e. The molecule has 1 N–H and O–H groups in total. The number of carbonyl (C=O) groups excluding carboxylic acids is 2. The van der Waals surface area contributed by atoms with Crippen molar-refractivity contribution >= 4 is 11.8 Å². The summed E-state index contributed by atoms with van der Waals surface area (Å²) in [6.45, 7) is 7.00. The number of rotatable bonds is 9. The summed E-state index contributed by atoms with van der Waals surface area (Å²) in [6.07, 6.45) is 1.91. The van der Waals surface area contributed by atoms with Crippen molar-refractivity contribution in [3.8, 4) is 0 Å². The molecule has 0 saturated carbocycles. The Hall–Kier alpha value is -2.62. The average Bonchev–Trinajstić information content (AvgIpc) is 2.68. The largest absolute Gasteiger partial charge is 0.354 e. The van der Waals surface area contributed by atoms with Gasteiger partial charge in [-0.05, 0) is 37.8 Å². The van der Waals surface area contributed by atoms with Crippen molar-refractivity contribution in [2.75, 3.05) is 13.1 Å². The molecular formula is C23H30N2O2. The third-order valence-electron chi connectivity index (χ3n) is 4.68. The third-order valence-corrected chi connectivity index (χ3v) is 4.68. The summed E-state index contributed by atoms with van der Waals surface area (Å²) in [7, 11) is 0. The fraction of sp³-hybridized carbons (Fsp3) is 0.391. The molecule has 0 saturated heterocycles. The normalized spacial score (nSPS) is 11.7. The molecule has 0 fully saturated rings. The van der Waals surface area contributed by atoms with Gasteiger partial charge in [0, 0.05) is 13.1 Å². The molecular weight excluding hydrogens is 336 g/mol. The van der Waals surface area contributed by atoms with Gasteiger partial charge in [0.15, 0.2) is 0 Å². The van der Waals surface area contributed by atoms with Crippen molar-refractivity contribution in [2.24, 2.45) is 0 Å². The molecule has 0 radical (unpaired) electrons. The van der Waals surface area contributed by atoms with E-state index in [1.807, 2.05) is 75.4 Å². The number of nitrogens with zero attached hydrogens (tertiary/aromatic N) is 1. The summed E-state index contributed by atoms with van der Waals surface area (Å²) in [5.74, 6) is -0.115. The molecule has 0 aliphatic rings. The Labute approximate surface area is 162 Å². The van der Waals surface area contributed by atoms with Crippen LogP contribution in [0.1, 0.15) is 37.0 Å². The number of aryl methyl sites for hydroxylation is 1. The summed E-state index contributed by atoms with van der Waals surface area (Å²) in [5, 5.41) is 2.90. The van der Waals surface area contributed by atoms with E-state index in [1.54, 1.807) is 4.90 Å². The molecule has 2 rings (SSSR count). The van der Waals surface area contributed by atoms with Crippen LogP contribution >= 0.6 is 0 Å². The molecule has 0 aromatic heterocycles. The molecule has 2 amide bonds. The van der Waals surface area contributed by atoms with E-state index in [4.69, 9.17) is 0 Å². The van der Waals surface area contributed by atoms with Crippen molar-refractivity contribution in [2.45, 2.75) is 46.1 Å². The molecule has 4 heteroatoms. The van der Waals surface area contributed by atoms with Crippen LogP contribution in [0.25, 0.3) is 0 Å². The first-order valence-electron chi connectivity index (χ1n) is 9.68. The molecule has 0 bridgehead atoms. The van der Waals surface area contributed by atoms with Gasteiger partial charge in [0.05, 0.1) is 6.42 Å². The molecule has 144 valence electrons. The van der Waals surface area contributed by atoms with Crippen LogP contribution in [0.2, 0.25) is 0 Å². The van der Waals surface area contributed by atoms with Gasteiger partial charge >= 0.3 is 0 Å². The van der Waals surface area contributed by atoms with Crippen LogP contribution in [-0.2, 0) is 22.4 Å². The summed E-state index contributed by atoms with van der Waals surface area (Å²) in [5.41, 5.74) is 3.29. The molecule has 0 aliphatic carbocycles. The maximum absolute atomic E-state index is 13.0. The Morgan fingerprint density at radius 2 is 1.67 bits per heavy atom. The van der Waals surface area contributed by atoms with Crippen molar-refractivity contribution in [3.05, 3.63) is 71.3 Å². The lowest BCUT2D eigenvalue weighted by molar-refractivity contribution is -0.139. The highest BCUT2D eigenvalue weighted by Gasteiger charge is 2.25. The second kappa shape index (κ2) is 10.5. The summed E-state index contributed by atoms with van der Waals surface area (Å²) >= 11 is 0. The zero-order valence-electron chi connectivity index (χ0n) is 16.6. The van der Waals surface area contributed by atoms with Gasteiger partial charge in [-0.15, -0.1) is 0 Å². The molecule has 2 aromatic carbocycles. The maximum Gasteiger partial charge on any atom is 0.242 e. The number of carbonyl (C=O) groups is 2. The molecule has 4 nitrogen and oxygen atoms in total. The van der Waals surface area contributed by atoms with Gasteiger partial charge in [-0.25, -0.2) is 0 Å². The first kappa shape index (κ1) is 20.7. The van der Waals surface area contributed by atoms with Gasteiger partial charge < -0.3 is 10.2 Å². The summed E-state index contributed by atoms with van der Waals surface area (Å²) in [6, 6.07) is 17.5. The predicted molar refractivity (Wildman–Crippen MR) is 110 cm³/mol. The minimum absolute atomic E-state index is 0.0195. The van der Waals surface area contributed by atoms with Crippen LogP contribution in [0.15, 0.2) is 54.6 Å². The monoisotopic (exact) mass is 366 g/mol. The van der Waals surface area contributed by atoms with Crippen molar-refractivity contribution < 1.29 is 9.59 Å². The Kier molecular flexibility index (Phi) is 8.05. The molecule has 0 spiro atoms. The van der Waals surface area contributed by atoms with Gasteiger partial charge in [0.25, 0.3) is 0 Å². The van der Waals surface area contributed by atoms with Crippen LogP contribution < -0.4 is 5.32 Å². The Bertz CT molecular complexity index is 726. The van der Waals surface area contributed by atoms with Crippen LogP contribution in [0.3, 0.4) is 0 Å². The lowest BCUT2D eigenvalue weighted by Gasteiger charge is -2.29. The van der Waals surface area contributed by atoms with E-state index in [2.05, 4.69) is 5.32 Å². The fourth-order valence-electron chi connectivity index (χ4n) is 2.95. The molecule has 1 atom stereocenters. The maximum atomic E-state index is 13.0. The number of benzene rings is 2. The van der Waals surface area contributed by atoms with E-state index < -0.39 is 6.04 Å². The molecule has 2 aromatic rings. The standard InChI is InChI=1S/C23H30N2O2/c1-4-15-24-23(27)19(3)25(16-14-20-8-6-5-7-9-20)22(26)17-21-12-10-18(2)11-13-21/h5-13,19H,4,14-17H2,1-3H3,(H,24,27)/t19-/m1/s1. The van der Waals surface area contributed by atoms with E-state index in [0.29, 0.717) is 19.5 Å². The highest BCUT2D eigenvalue weighted by atomic mass is 16.2. The van der Waals surface area contributed by atoms with E-state index in [-0.39, 0.29) is 11.8 Å². The number of amides is 2. The zero-order valence-corrected chi connectivity index (χ0v) is 16.6. The topological polar surface area (TPSA) is 49.4 Å². The van der Waals surface area contributed by atoms with Gasteiger partial charge in [-0.3, -0.25) is 9.59 Å². The number of hydrogen-bond donors (Lipinski definition) is 1. The highest BCUT2D eigenvalue weighted by Crippen LogP contribution is 2.11. The third kappa shape index (κ3) is 6.55. The number of hydrogen-bond acceptors (Lipinski definition) is 2. The first-order valence-corrected chi connectivity index (χ1v) is 9.68. The van der Waals surface area contributed by atoms with E-state index >= 15 is 0 Å². The molecule has 0 aliphatic heterocycles. The molecule has 27 heavy (non-hydrogen) atoms. The fourth-order valence-corrected chi connectivity index (χ4v) is 2.95. The van der Waals surface area contributed by atoms with Gasteiger partial charge in [-0.1, -0.05) is 67.1 Å². The lowest BCUT2D eigenvalue weighted by Crippen LogP contribution is -2.49. The van der Waals surface area contributed by atoms with Crippen LogP contribution in [0, 0.1) is 6.92 Å². The van der Waals surface area contributed by atoms with Crippen LogP contribution in [-0.4, -0.2) is 35.8 Å². The predicted octanol–water partition coefficient (Wildman–Crippen LogP) is 3.52. The first-order chi connectivity index (χ1) is 13.0. The van der Waals surface area contributed by atoms with Crippen LogP contribution in [0.5, 0.6) is 0 Å². The van der Waals surface area contributed by atoms with Crippen molar-refractivity contribution in [3.63, 3.8) is 0 Å². The van der Waals surface area contributed by atoms with Gasteiger partial charge in [0.1, 0.15) is 6.04 Å². The SMILES string of the molecule is CCCNC(=O)[C@@H](C)N(CCc1ccccc1)C(=O)Cc1ccc(C)cc1. The smallest absolute Gasteiger partial charge is 0.242 e. The van der Waals surface area contributed by atoms with Crippen molar-refractivity contribution in [1.82, 2.24) is 10.2 Å².